The molecule has 0 aliphatic heterocycles. The summed E-state index contributed by atoms with van der Waals surface area (Å²) in [6, 6.07) is 5.04. The Hall–Kier alpha value is -2.09. The predicted molar refractivity (Wildman–Crippen MR) is 67.7 cm³/mol. The van der Waals surface area contributed by atoms with E-state index in [-0.39, 0.29) is 17.9 Å². The van der Waals surface area contributed by atoms with E-state index in [2.05, 4.69) is 0 Å². The maximum absolute atomic E-state index is 12.5. The number of anilines is 1. The molecule has 1 rings (SSSR count). The van der Waals surface area contributed by atoms with Crippen LogP contribution in [0.4, 0.5) is 18.9 Å². The van der Waals surface area contributed by atoms with E-state index >= 15 is 0 Å². The highest BCUT2D eigenvalue weighted by Gasteiger charge is 2.55. The number of aliphatic hydroxyl groups is 1. The van der Waals surface area contributed by atoms with Crippen LogP contribution >= 0.6 is 0 Å². The zero-order valence-corrected chi connectivity index (χ0v) is 11.3. The summed E-state index contributed by atoms with van der Waals surface area (Å²) in [6.07, 6.45) is -5.10. The third-order valence-corrected chi connectivity index (χ3v) is 2.65. The van der Waals surface area contributed by atoms with E-state index in [4.69, 9.17) is 4.74 Å². The molecule has 2 N–H and O–H groups in total. The van der Waals surface area contributed by atoms with Gasteiger partial charge in [0.2, 0.25) is 5.60 Å². The standard InChI is InChI=1S/C13H14F3NO4/c1-3-21-10(18)8-4-6-9(7-5-8)17-11(19)12(2,20)13(14,15)16/h4-7,20H,3H2,1-2H3,(H,17,19). The van der Waals surface area contributed by atoms with Crippen molar-refractivity contribution >= 4 is 17.6 Å². The van der Waals surface area contributed by atoms with Gasteiger partial charge in [0.25, 0.3) is 5.91 Å². The van der Waals surface area contributed by atoms with Gasteiger partial charge in [0.05, 0.1) is 12.2 Å². The topological polar surface area (TPSA) is 75.6 Å². The van der Waals surface area contributed by atoms with Crippen LogP contribution in [0.3, 0.4) is 0 Å². The number of rotatable bonds is 4. The molecular weight excluding hydrogens is 291 g/mol. The van der Waals surface area contributed by atoms with E-state index in [9.17, 15) is 27.9 Å². The minimum atomic E-state index is -5.10. The average molecular weight is 305 g/mol. The highest BCUT2D eigenvalue weighted by atomic mass is 19.4. The molecule has 1 aromatic carbocycles. The lowest BCUT2D eigenvalue weighted by atomic mass is 10.1. The highest BCUT2D eigenvalue weighted by molar-refractivity contribution is 5.98. The highest BCUT2D eigenvalue weighted by Crippen LogP contribution is 2.31. The van der Waals surface area contributed by atoms with E-state index in [0.29, 0.717) is 6.92 Å². The molecule has 1 atom stereocenters. The van der Waals surface area contributed by atoms with Gasteiger partial charge in [-0.15, -0.1) is 0 Å². The Bertz CT molecular complexity index is 523. The zero-order chi connectivity index (χ0) is 16.3. The summed E-state index contributed by atoms with van der Waals surface area (Å²) in [5.41, 5.74) is -3.30. The molecule has 0 spiro atoms. The first-order valence-corrected chi connectivity index (χ1v) is 5.97. The number of carbonyl (C=O) groups excluding carboxylic acids is 2. The molecule has 0 radical (unpaired) electrons. The summed E-state index contributed by atoms with van der Waals surface area (Å²) in [6.45, 7) is 2.17. The monoisotopic (exact) mass is 305 g/mol. The number of hydrogen-bond donors (Lipinski definition) is 2. The molecule has 116 valence electrons. The van der Waals surface area contributed by atoms with Gasteiger partial charge in [-0.2, -0.15) is 13.2 Å². The normalized spacial score (nSPS) is 14.2. The lowest BCUT2D eigenvalue weighted by Crippen LogP contribution is -2.52. The lowest BCUT2D eigenvalue weighted by molar-refractivity contribution is -0.242. The number of amides is 1. The number of benzene rings is 1. The van der Waals surface area contributed by atoms with E-state index in [1.54, 1.807) is 6.92 Å². The van der Waals surface area contributed by atoms with Gasteiger partial charge in [-0.25, -0.2) is 4.79 Å². The molecule has 1 amide bonds. The quantitative estimate of drug-likeness (QED) is 0.835. The summed E-state index contributed by atoms with van der Waals surface area (Å²) in [7, 11) is 0. The number of halogens is 3. The van der Waals surface area contributed by atoms with Crippen LogP contribution in [0.2, 0.25) is 0 Å². The van der Waals surface area contributed by atoms with Gasteiger partial charge < -0.3 is 15.2 Å². The Morgan fingerprint density at radius 3 is 2.19 bits per heavy atom. The third-order valence-electron chi connectivity index (χ3n) is 2.65. The van der Waals surface area contributed by atoms with Crippen LogP contribution in [0.1, 0.15) is 24.2 Å². The van der Waals surface area contributed by atoms with Crippen molar-refractivity contribution in [1.29, 1.82) is 0 Å². The van der Waals surface area contributed by atoms with Crippen LogP contribution in [0.25, 0.3) is 0 Å². The first kappa shape index (κ1) is 17.0. The van der Waals surface area contributed by atoms with Gasteiger partial charge in [-0.3, -0.25) is 4.79 Å². The third kappa shape index (κ3) is 3.94. The van der Waals surface area contributed by atoms with Crippen molar-refractivity contribution in [1.82, 2.24) is 0 Å². The second-order valence-electron chi connectivity index (χ2n) is 4.32. The Kier molecular flexibility index (Phi) is 4.95. The number of alkyl halides is 3. The molecule has 21 heavy (non-hydrogen) atoms. The molecule has 0 bridgehead atoms. The molecular formula is C13H14F3NO4. The maximum Gasteiger partial charge on any atom is 0.426 e. The summed E-state index contributed by atoms with van der Waals surface area (Å²) < 4.78 is 42.1. The Morgan fingerprint density at radius 2 is 1.76 bits per heavy atom. The fourth-order valence-electron chi connectivity index (χ4n) is 1.29. The molecule has 1 unspecified atom stereocenters. The van der Waals surface area contributed by atoms with Crippen molar-refractivity contribution in [2.24, 2.45) is 0 Å². The molecule has 0 aliphatic rings. The first-order chi connectivity index (χ1) is 9.59. The molecule has 0 aromatic heterocycles. The van der Waals surface area contributed by atoms with E-state index in [1.807, 2.05) is 5.32 Å². The van der Waals surface area contributed by atoms with Crippen LogP contribution in [-0.4, -0.2) is 35.4 Å². The fourth-order valence-corrected chi connectivity index (χ4v) is 1.29. The average Bonchev–Trinajstić information content (AvgIpc) is 2.38. The van der Waals surface area contributed by atoms with Crippen molar-refractivity contribution < 1.29 is 32.6 Å². The number of carbonyl (C=O) groups is 2. The van der Waals surface area contributed by atoms with Crippen LogP contribution < -0.4 is 5.32 Å². The second kappa shape index (κ2) is 6.13. The molecule has 1 aromatic rings. The fraction of sp³-hybridized carbons (Fsp3) is 0.385. The summed E-state index contributed by atoms with van der Waals surface area (Å²) in [4.78, 5) is 22.8. The number of hydrogen-bond acceptors (Lipinski definition) is 4. The second-order valence-corrected chi connectivity index (χ2v) is 4.32. The Labute approximate surface area is 118 Å². The molecule has 0 saturated carbocycles. The van der Waals surface area contributed by atoms with Gasteiger partial charge in [0.15, 0.2) is 0 Å². The zero-order valence-electron chi connectivity index (χ0n) is 11.3. The molecule has 0 fully saturated rings. The first-order valence-electron chi connectivity index (χ1n) is 5.97. The smallest absolute Gasteiger partial charge is 0.426 e. The van der Waals surface area contributed by atoms with Gasteiger partial charge in [-0.05, 0) is 38.1 Å². The van der Waals surface area contributed by atoms with Gasteiger partial charge >= 0.3 is 12.1 Å². The number of ether oxygens (including phenoxy) is 1. The van der Waals surface area contributed by atoms with Crippen molar-refractivity contribution in [3.05, 3.63) is 29.8 Å². The van der Waals surface area contributed by atoms with Crippen LogP contribution in [0.15, 0.2) is 24.3 Å². The van der Waals surface area contributed by atoms with Crippen LogP contribution in [0.5, 0.6) is 0 Å². The SMILES string of the molecule is CCOC(=O)c1ccc(NC(=O)C(C)(O)C(F)(F)F)cc1. The van der Waals surface area contributed by atoms with E-state index < -0.39 is 23.7 Å². The van der Waals surface area contributed by atoms with Crippen molar-refractivity contribution in [3.8, 4) is 0 Å². The molecule has 5 nitrogen and oxygen atoms in total. The Balaban J connectivity index is 2.81. The van der Waals surface area contributed by atoms with Crippen LogP contribution in [-0.2, 0) is 9.53 Å². The summed E-state index contributed by atoms with van der Waals surface area (Å²) >= 11 is 0. The molecule has 0 saturated heterocycles. The molecule has 0 aliphatic carbocycles. The lowest BCUT2D eigenvalue weighted by Gasteiger charge is -2.24. The van der Waals surface area contributed by atoms with Gasteiger partial charge in [0, 0.05) is 5.69 Å². The van der Waals surface area contributed by atoms with E-state index in [0.717, 1.165) is 0 Å². The molecule has 0 heterocycles. The maximum atomic E-state index is 12.5. The number of esters is 1. The van der Waals surface area contributed by atoms with Gasteiger partial charge in [0.1, 0.15) is 0 Å². The number of nitrogens with one attached hydrogen (secondary N) is 1. The van der Waals surface area contributed by atoms with Gasteiger partial charge in [-0.1, -0.05) is 0 Å². The minimum Gasteiger partial charge on any atom is -0.462 e. The molecule has 8 heteroatoms. The summed E-state index contributed by atoms with van der Waals surface area (Å²) in [5.74, 6) is -2.20. The van der Waals surface area contributed by atoms with Crippen LogP contribution in [0, 0.1) is 0 Å². The predicted octanol–water partition coefficient (Wildman–Crippen LogP) is 2.12. The summed E-state index contributed by atoms with van der Waals surface area (Å²) in [5, 5.41) is 11.1. The van der Waals surface area contributed by atoms with Crippen molar-refractivity contribution in [3.63, 3.8) is 0 Å². The van der Waals surface area contributed by atoms with Crippen molar-refractivity contribution in [2.45, 2.75) is 25.6 Å². The Morgan fingerprint density at radius 1 is 1.24 bits per heavy atom. The van der Waals surface area contributed by atoms with Crippen molar-refractivity contribution in [2.75, 3.05) is 11.9 Å². The largest absolute Gasteiger partial charge is 0.462 e. The van der Waals surface area contributed by atoms with E-state index in [1.165, 1.54) is 24.3 Å². The minimum absolute atomic E-state index is 0.0116.